The van der Waals surface area contributed by atoms with Crippen molar-refractivity contribution in [3.8, 4) is 5.75 Å². The average molecular weight is 382 g/mol. The Labute approximate surface area is 149 Å². The van der Waals surface area contributed by atoms with Crippen LogP contribution in [-0.4, -0.2) is 17.7 Å². The van der Waals surface area contributed by atoms with Gasteiger partial charge in [-0.2, -0.15) is 13.2 Å². The highest BCUT2D eigenvalue weighted by molar-refractivity contribution is 5.91. The molecule has 7 nitrogen and oxygen atoms in total. The first kappa shape index (κ1) is 18.5. The zero-order valence-corrected chi connectivity index (χ0v) is 14.1. The van der Waals surface area contributed by atoms with Crippen molar-refractivity contribution < 1.29 is 31.6 Å². The molecule has 0 saturated carbocycles. The fourth-order valence-corrected chi connectivity index (χ4v) is 2.54. The lowest BCUT2D eigenvalue weighted by atomic mass is 10.0. The number of aryl methyl sites for hydroxylation is 2. The Morgan fingerprint density at radius 1 is 1.22 bits per heavy atom. The second kappa shape index (κ2) is 6.78. The Morgan fingerprint density at radius 2 is 1.96 bits per heavy atom. The number of anilines is 1. The summed E-state index contributed by atoms with van der Waals surface area (Å²) in [6, 6.07) is 4.37. The second-order valence-electron chi connectivity index (χ2n) is 5.75. The monoisotopic (exact) mass is 382 g/mol. The van der Waals surface area contributed by atoms with E-state index in [4.69, 9.17) is 13.7 Å². The molecule has 1 aromatic carbocycles. The first-order valence-electron chi connectivity index (χ1n) is 7.65. The molecule has 0 aliphatic heterocycles. The maximum absolute atomic E-state index is 13.2. The van der Waals surface area contributed by atoms with E-state index in [2.05, 4.69) is 10.5 Å². The number of halogens is 3. The summed E-state index contributed by atoms with van der Waals surface area (Å²) >= 11 is 0. The normalized spacial score (nSPS) is 11.6. The molecule has 0 atom stereocenters. The highest BCUT2D eigenvalue weighted by atomic mass is 19.4. The van der Waals surface area contributed by atoms with Crippen molar-refractivity contribution in [2.45, 2.75) is 20.0 Å². The van der Waals surface area contributed by atoms with Crippen molar-refractivity contribution in [3.05, 3.63) is 51.6 Å². The number of amides is 1. The molecule has 1 N–H and O–H groups in total. The largest absolute Gasteiger partial charge is 0.484 e. The van der Waals surface area contributed by atoms with E-state index in [1.807, 2.05) is 0 Å². The molecule has 10 heteroatoms. The Bertz CT molecular complexity index is 1070. The third-order valence-electron chi connectivity index (χ3n) is 3.59. The SMILES string of the molecule is Cc1cc(NC(=O)COc2cc(C)c3c(C(F)(F)F)cc(=O)oc3c2)no1. The molecule has 27 heavy (non-hydrogen) atoms. The lowest BCUT2D eigenvalue weighted by Crippen LogP contribution is -2.20. The van der Waals surface area contributed by atoms with Gasteiger partial charge >= 0.3 is 11.8 Å². The summed E-state index contributed by atoms with van der Waals surface area (Å²) in [6.07, 6.45) is -4.71. The van der Waals surface area contributed by atoms with Crippen LogP contribution in [0.4, 0.5) is 19.0 Å². The van der Waals surface area contributed by atoms with Gasteiger partial charge in [-0.15, -0.1) is 0 Å². The van der Waals surface area contributed by atoms with E-state index in [0.29, 0.717) is 11.8 Å². The molecule has 0 unspecified atom stereocenters. The van der Waals surface area contributed by atoms with Gasteiger partial charge in [-0.1, -0.05) is 5.16 Å². The third kappa shape index (κ3) is 4.10. The van der Waals surface area contributed by atoms with Gasteiger partial charge in [0, 0.05) is 23.6 Å². The van der Waals surface area contributed by atoms with Crippen molar-refractivity contribution in [2.24, 2.45) is 0 Å². The van der Waals surface area contributed by atoms with E-state index in [9.17, 15) is 22.8 Å². The average Bonchev–Trinajstić information content (AvgIpc) is 2.96. The number of alkyl halides is 3. The number of aromatic nitrogens is 1. The number of ether oxygens (including phenoxy) is 1. The van der Waals surface area contributed by atoms with Gasteiger partial charge in [0.1, 0.15) is 17.1 Å². The standard InChI is InChI=1S/C17H13F3N2O5/c1-8-3-10(25-7-14(23)21-13-4-9(2)27-22-13)5-12-16(8)11(17(18,19)20)6-15(24)26-12/h3-6H,7H2,1-2H3,(H,21,22,23). The number of benzene rings is 1. The van der Waals surface area contributed by atoms with Crippen LogP contribution in [0.25, 0.3) is 11.0 Å². The van der Waals surface area contributed by atoms with Crippen molar-refractivity contribution in [1.29, 1.82) is 0 Å². The van der Waals surface area contributed by atoms with Crippen LogP contribution >= 0.6 is 0 Å². The maximum atomic E-state index is 13.2. The number of carbonyl (C=O) groups is 1. The predicted molar refractivity (Wildman–Crippen MR) is 87.6 cm³/mol. The molecule has 142 valence electrons. The molecule has 0 radical (unpaired) electrons. The minimum Gasteiger partial charge on any atom is -0.484 e. The predicted octanol–water partition coefficient (Wildman–Crippen LogP) is 3.43. The minimum absolute atomic E-state index is 0.0777. The molecule has 0 aliphatic carbocycles. The number of hydrogen-bond donors (Lipinski definition) is 1. The zero-order valence-electron chi connectivity index (χ0n) is 14.1. The molecule has 0 spiro atoms. The fourth-order valence-electron chi connectivity index (χ4n) is 2.54. The van der Waals surface area contributed by atoms with Crippen LogP contribution < -0.4 is 15.7 Å². The summed E-state index contributed by atoms with van der Waals surface area (Å²) in [5.74, 6) is 0.240. The molecule has 2 heterocycles. The molecular formula is C17H13F3N2O5. The molecule has 3 rings (SSSR count). The van der Waals surface area contributed by atoms with Gasteiger partial charge in [-0.25, -0.2) is 4.79 Å². The molecule has 0 aliphatic rings. The van der Waals surface area contributed by atoms with Gasteiger partial charge in [0.2, 0.25) is 0 Å². The maximum Gasteiger partial charge on any atom is 0.417 e. The van der Waals surface area contributed by atoms with Crippen LogP contribution in [0.15, 0.2) is 38.0 Å². The Hall–Kier alpha value is -3.30. The van der Waals surface area contributed by atoms with Crippen LogP contribution in [0.3, 0.4) is 0 Å². The van der Waals surface area contributed by atoms with Gasteiger partial charge in [-0.3, -0.25) is 4.79 Å². The summed E-state index contributed by atoms with van der Waals surface area (Å²) in [6.45, 7) is 2.64. The summed E-state index contributed by atoms with van der Waals surface area (Å²) in [7, 11) is 0. The van der Waals surface area contributed by atoms with Gasteiger partial charge in [0.05, 0.1) is 5.56 Å². The second-order valence-corrected chi connectivity index (χ2v) is 5.75. The van der Waals surface area contributed by atoms with Crippen LogP contribution in [0.2, 0.25) is 0 Å². The van der Waals surface area contributed by atoms with E-state index in [0.717, 1.165) is 6.07 Å². The molecule has 2 aromatic heterocycles. The van der Waals surface area contributed by atoms with Gasteiger partial charge in [0.15, 0.2) is 12.4 Å². The van der Waals surface area contributed by atoms with Gasteiger partial charge in [0.25, 0.3) is 5.91 Å². The van der Waals surface area contributed by atoms with Crippen LogP contribution in [0, 0.1) is 13.8 Å². The topological polar surface area (TPSA) is 94.6 Å². The molecular weight excluding hydrogens is 369 g/mol. The van der Waals surface area contributed by atoms with Crippen molar-refractivity contribution in [1.82, 2.24) is 5.16 Å². The van der Waals surface area contributed by atoms with Crippen molar-refractivity contribution in [2.75, 3.05) is 11.9 Å². The number of nitrogens with one attached hydrogen (secondary N) is 1. The molecule has 1 amide bonds. The molecule has 0 fully saturated rings. The molecule has 3 aromatic rings. The number of carbonyl (C=O) groups excluding carboxylic acids is 1. The van der Waals surface area contributed by atoms with Crippen LogP contribution in [0.1, 0.15) is 16.9 Å². The lowest BCUT2D eigenvalue weighted by Gasteiger charge is -2.13. The van der Waals surface area contributed by atoms with Crippen molar-refractivity contribution in [3.63, 3.8) is 0 Å². The smallest absolute Gasteiger partial charge is 0.417 e. The number of fused-ring (bicyclic) bond motifs is 1. The first-order valence-corrected chi connectivity index (χ1v) is 7.65. The van der Waals surface area contributed by atoms with E-state index in [1.165, 1.54) is 19.1 Å². The van der Waals surface area contributed by atoms with E-state index >= 15 is 0 Å². The fraction of sp³-hybridized carbons (Fsp3) is 0.235. The number of hydrogen-bond acceptors (Lipinski definition) is 6. The summed E-state index contributed by atoms with van der Waals surface area (Å²) in [4.78, 5) is 23.3. The van der Waals surface area contributed by atoms with E-state index in [1.54, 1.807) is 6.92 Å². The third-order valence-corrected chi connectivity index (χ3v) is 3.59. The number of rotatable bonds is 4. The summed E-state index contributed by atoms with van der Waals surface area (Å²) < 4.78 is 54.4. The Morgan fingerprint density at radius 3 is 2.59 bits per heavy atom. The van der Waals surface area contributed by atoms with Gasteiger partial charge < -0.3 is 19.0 Å². The lowest BCUT2D eigenvalue weighted by molar-refractivity contribution is -0.136. The van der Waals surface area contributed by atoms with Crippen LogP contribution in [-0.2, 0) is 11.0 Å². The minimum atomic E-state index is -4.71. The summed E-state index contributed by atoms with van der Waals surface area (Å²) in [5, 5.41) is 5.78. The van der Waals surface area contributed by atoms with E-state index in [-0.39, 0.29) is 28.1 Å². The van der Waals surface area contributed by atoms with Crippen LogP contribution in [0.5, 0.6) is 5.75 Å². The van der Waals surface area contributed by atoms with E-state index < -0.39 is 29.9 Å². The molecule has 0 bridgehead atoms. The summed E-state index contributed by atoms with van der Waals surface area (Å²) in [5.41, 5.74) is -2.31. The van der Waals surface area contributed by atoms with Crippen molar-refractivity contribution >= 4 is 22.7 Å². The zero-order chi connectivity index (χ0) is 19.8. The first-order chi connectivity index (χ1) is 12.6. The Kier molecular flexibility index (Phi) is 4.64. The quantitative estimate of drug-likeness (QED) is 0.695. The molecule has 0 saturated heterocycles. The highest BCUT2D eigenvalue weighted by Crippen LogP contribution is 2.36. The van der Waals surface area contributed by atoms with Gasteiger partial charge in [-0.05, 0) is 25.5 Å². The Balaban J connectivity index is 1.84. The highest BCUT2D eigenvalue weighted by Gasteiger charge is 2.34. The number of nitrogens with zero attached hydrogens (tertiary/aromatic N) is 1.